The van der Waals surface area contributed by atoms with Crippen molar-refractivity contribution in [2.45, 2.75) is 6.92 Å². The molecule has 0 aliphatic rings. The Hall–Kier alpha value is -3.15. The molecule has 0 spiro atoms. The molecule has 9 heteroatoms. The lowest BCUT2D eigenvalue weighted by Gasteiger charge is -2.06. The number of halogens is 2. The van der Waals surface area contributed by atoms with Gasteiger partial charge in [-0.3, -0.25) is 10.1 Å². The fraction of sp³-hybridized carbons (Fsp3) is 0.0833. The van der Waals surface area contributed by atoms with Gasteiger partial charge in [0, 0.05) is 11.8 Å². The number of hydrogen-bond donors (Lipinski definition) is 0. The number of benzene rings is 1. The Morgan fingerprint density at radius 2 is 2.00 bits per heavy atom. The molecule has 0 bridgehead atoms. The molecule has 0 unspecified atom stereocenters. The van der Waals surface area contributed by atoms with Crippen LogP contribution in [-0.2, 0) is 0 Å². The maximum Gasteiger partial charge on any atom is 0.323 e. The fourth-order valence-corrected chi connectivity index (χ4v) is 1.48. The van der Waals surface area contributed by atoms with Gasteiger partial charge in [-0.25, -0.2) is 9.37 Å². The summed E-state index contributed by atoms with van der Waals surface area (Å²) in [6.07, 6.45) is 0. The highest BCUT2D eigenvalue weighted by atomic mass is 19.1. The van der Waals surface area contributed by atoms with E-state index in [4.69, 9.17) is 10.00 Å². The van der Waals surface area contributed by atoms with Crippen molar-refractivity contribution in [3.63, 3.8) is 0 Å². The van der Waals surface area contributed by atoms with Crippen molar-refractivity contribution in [2.75, 3.05) is 0 Å². The van der Waals surface area contributed by atoms with Gasteiger partial charge in [0.15, 0.2) is 11.6 Å². The molecule has 7 nitrogen and oxygen atoms in total. The first-order valence-electron chi connectivity index (χ1n) is 5.48. The standard InChI is InChI=1S/C12H6F2N4O3/c1-6-2-7(5-15)17-12(16-6)21-11-4-8(13)10(18(19)20)3-9(11)14/h2-4H,1H3. The summed E-state index contributed by atoms with van der Waals surface area (Å²) >= 11 is 0. The topological polar surface area (TPSA) is 102 Å². The predicted molar refractivity (Wildman–Crippen MR) is 64.6 cm³/mol. The summed E-state index contributed by atoms with van der Waals surface area (Å²) in [6, 6.07) is 3.68. The zero-order valence-electron chi connectivity index (χ0n) is 10.5. The third kappa shape index (κ3) is 3.06. The number of nitro benzene ring substituents is 1. The highest BCUT2D eigenvalue weighted by molar-refractivity contribution is 5.40. The van der Waals surface area contributed by atoms with Crippen molar-refractivity contribution in [3.05, 3.63) is 51.3 Å². The second-order valence-corrected chi connectivity index (χ2v) is 3.88. The minimum Gasteiger partial charge on any atom is -0.421 e. The van der Waals surface area contributed by atoms with Crippen LogP contribution in [0, 0.1) is 40.0 Å². The number of aryl methyl sites for hydroxylation is 1. The van der Waals surface area contributed by atoms with Crippen LogP contribution in [-0.4, -0.2) is 14.9 Å². The van der Waals surface area contributed by atoms with Crippen molar-refractivity contribution in [3.8, 4) is 17.8 Å². The maximum absolute atomic E-state index is 13.6. The Morgan fingerprint density at radius 1 is 1.29 bits per heavy atom. The van der Waals surface area contributed by atoms with E-state index in [0.717, 1.165) is 0 Å². The van der Waals surface area contributed by atoms with Gasteiger partial charge in [0.05, 0.1) is 11.0 Å². The van der Waals surface area contributed by atoms with Crippen molar-refractivity contribution in [1.29, 1.82) is 5.26 Å². The van der Waals surface area contributed by atoms with Crippen LogP contribution in [0.1, 0.15) is 11.4 Å². The average molecular weight is 292 g/mol. The Morgan fingerprint density at radius 3 is 2.62 bits per heavy atom. The molecule has 2 aromatic rings. The fourth-order valence-electron chi connectivity index (χ4n) is 1.48. The maximum atomic E-state index is 13.6. The van der Waals surface area contributed by atoms with Crippen molar-refractivity contribution >= 4 is 5.69 Å². The number of hydrogen-bond acceptors (Lipinski definition) is 6. The Kier molecular flexibility index (Phi) is 3.71. The van der Waals surface area contributed by atoms with E-state index < -0.39 is 28.0 Å². The lowest BCUT2D eigenvalue weighted by molar-refractivity contribution is -0.387. The van der Waals surface area contributed by atoms with Crippen LogP contribution in [0.3, 0.4) is 0 Å². The highest BCUT2D eigenvalue weighted by Gasteiger charge is 2.20. The Labute approximate surface area is 116 Å². The third-order valence-corrected chi connectivity index (χ3v) is 2.35. The first-order valence-corrected chi connectivity index (χ1v) is 5.48. The minimum atomic E-state index is -1.26. The van der Waals surface area contributed by atoms with E-state index in [1.807, 2.05) is 0 Å². The van der Waals surface area contributed by atoms with E-state index >= 15 is 0 Å². The molecule has 1 heterocycles. The minimum absolute atomic E-state index is 0.0136. The van der Waals surface area contributed by atoms with Crippen molar-refractivity contribution < 1.29 is 18.4 Å². The molecule has 21 heavy (non-hydrogen) atoms. The van der Waals surface area contributed by atoms with Gasteiger partial charge in [-0.1, -0.05) is 0 Å². The number of nitriles is 1. The Balaban J connectivity index is 2.41. The molecule has 0 fully saturated rings. The lowest BCUT2D eigenvalue weighted by atomic mass is 10.3. The van der Waals surface area contributed by atoms with Gasteiger partial charge in [-0.2, -0.15) is 14.6 Å². The smallest absolute Gasteiger partial charge is 0.323 e. The van der Waals surface area contributed by atoms with Crippen LogP contribution in [0.4, 0.5) is 14.5 Å². The number of rotatable bonds is 3. The van der Waals surface area contributed by atoms with Gasteiger partial charge in [0.2, 0.25) is 5.82 Å². The number of nitrogens with zero attached hydrogens (tertiary/aromatic N) is 4. The number of ether oxygens (including phenoxy) is 1. The molecule has 2 rings (SSSR count). The van der Waals surface area contributed by atoms with E-state index in [9.17, 15) is 18.9 Å². The highest BCUT2D eigenvalue weighted by Crippen LogP contribution is 2.28. The van der Waals surface area contributed by atoms with Gasteiger partial charge in [0.25, 0.3) is 0 Å². The van der Waals surface area contributed by atoms with Crippen molar-refractivity contribution in [2.24, 2.45) is 0 Å². The molecular formula is C12H6F2N4O3. The van der Waals surface area contributed by atoms with Crippen LogP contribution in [0.2, 0.25) is 0 Å². The van der Waals surface area contributed by atoms with Crippen LogP contribution in [0.15, 0.2) is 18.2 Å². The summed E-state index contributed by atoms with van der Waals surface area (Å²) in [4.78, 5) is 16.9. The zero-order valence-corrected chi connectivity index (χ0v) is 10.5. The third-order valence-electron chi connectivity index (χ3n) is 2.35. The molecule has 0 saturated carbocycles. The summed E-state index contributed by atoms with van der Waals surface area (Å²) in [5, 5.41) is 19.2. The van der Waals surface area contributed by atoms with Gasteiger partial charge in [-0.15, -0.1) is 0 Å². The van der Waals surface area contributed by atoms with E-state index in [1.165, 1.54) is 6.07 Å². The molecule has 0 radical (unpaired) electrons. The first-order chi connectivity index (χ1) is 9.90. The van der Waals surface area contributed by atoms with Gasteiger partial charge in [0.1, 0.15) is 11.8 Å². The normalized spacial score (nSPS) is 10.0. The van der Waals surface area contributed by atoms with E-state index in [2.05, 4.69) is 9.97 Å². The Bertz CT molecular complexity index is 774. The summed E-state index contributed by atoms with van der Waals surface area (Å²) in [5.41, 5.74) is -0.637. The monoisotopic (exact) mass is 292 g/mol. The summed E-state index contributed by atoms with van der Waals surface area (Å²) in [7, 11) is 0. The number of aromatic nitrogens is 2. The molecule has 1 aromatic heterocycles. The van der Waals surface area contributed by atoms with Crippen LogP contribution in [0.5, 0.6) is 11.8 Å². The molecule has 0 N–H and O–H groups in total. The lowest BCUT2D eigenvalue weighted by Crippen LogP contribution is -2.00. The molecule has 0 saturated heterocycles. The summed E-state index contributed by atoms with van der Waals surface area (Å²) in [5.74, 6) is -3.02. The molecule has 1 aromatic carbocycles. The first kappa shape index (κ1) is 14.3. The van der Waals surface area contributed by atoms with Gasteiger partial charge >= 0.3 is 11.7 Å². The summed E-state index contributed by atoms with van der Waals surface area (Å²) < 4.78 is 32.0. The molecule has 0 aliphatic heterocycles. The number of nitro groups is 1. The molecule has 0 atom stereocenters. The van der Waals surface area contributed by atoms with E-state index in [-0.39, 0.29) is 11.7 Å². The molecule has 0 aliphatic carbocycles. The van der Waals surface area contributed by atoms with Crippen LogP contribution in [0.25, 0.3) is 0 Å². The summed E-state index contributed by atoms with van der Waals surface area (Å²) in [6.45, 7) is 1.56. The van der Waals surface area contributed by atoms with E-state index in [1.54, 1.807) is 13.0 Å². The quantitative estimate of drug-likeness (QED) is 0.636. The molecule has 0 amide bonds. The second kappa shape index (κ2) is 5.46. The SMILES string of the molecule is Cc1cc(C#N)nc(Oc2cc(F)c([N+](=O)[O-])cc2F)n1. The van der Waals surface area contributed by atoms with E-state index in [0.29, 0.717) is 17.8 Å². The molecule has 106 valence electrons. The zero-order chi connectivity index (χ0) is 15.6. The largest absolute Gasteiger partial charge is 0.421 e. The average Bonchev–Trinajstić information content (AvgIpc) is 2.41. The van der Waals surface area contributed by atoms with Crippen LogP contribution < -0.4 is 4.74 Å². The molecular weight excluding hydrogens is 286 g/mol. The van der Waals surface area contributed by atoms with Gasteiger partial charge in [-0.05, 0) is 13.0 Å². The second-order valence-electron chi connectivity index (χ2n) is 3.88. The van der Waals surface area contributed by atoms with Gasteiger partial charge < -0.3 is 4.74 Å². The van der Waals surface area contributed by atoms with Crippen LogP contribution >= 0.6 is 0 Å². The predicted octanol–water partition coefficient (Wildman–Crippen LogP) is 2.64. The van der Waals surface area contributed by atoms with Crippen molar-refractivity contribution in [1.82, 2.24) is 9.97 Å².